The lowest BCUT2D eigenvalue weighted by atomic mass is 9.85. The highest BCUT2D eigenvalue weighted by Crippen LogP contribution is 2.31. The maximum absolute atomic E-state index is 14.1. The number of hydrogen-bond acceptors (Lipinski definition) is 5. The number of carbonyl (C=O) groups is 3. The highest BCUT2D eigenvalue weighted by Gasteiger charge is 2.39. The van der Waals surface area contributed by atoms with Crippen LogP contribution in [0.1, 0.15) is 59.1 Å². The van der Waals surface area contributed by atoms with Gasteiger partial charge >= 0.3 is 18.0 Å². The predicted molar refractivity (Wildman–Crippen MR) is 117 cm³/mol. The average molecular weight is 452 g/mol. The Labute approximate surface area is 188 Å². The van der Waals surface area contributed by atoms with Crippen LogP contribution in [-0.4, -0.2) is 52.3 Å². The summed E-state index contributed by atoms with van der Waals surface area (Å²) in [4.78, 5) is 38.1. The zero-order valence-electron chi connectivity index (χ0n) is 19.7. The molecule has 2 atom stereocenters. The number of nitrogens with zero attached hydrogens (tertiary/aromatic N) is 1. The molecule has 1 aromatic rings. The number of halogens is 1. The second kappa shape index (κ2) is 9.88. The van der Waals surface area contributed by atoms with E-state index in [9.17, 15) is 18.8 Å². The van der Waals surface area contributed by atoms with Crippen LogP contribution in [0.3, 0.4) is 0 Å². The molecule has 0 aromatic heterocycles. The smallest absolute Gasteiger partial charge is 0.410 e. The van der Waals surface area contributed by atoms with Crippen molar-refractivity contribution in [3.8, 4) is 0 Å². The van der Waals surface area contributed by atoms with Crippen molar-refractivity contribution in [3.63, 3.8) is 0 Å². The van der Waals surface area contributed by atoms with Gasteiger partial charge in [-0.05, 0) is 83.6 Å². The Bertz CT molecular complexity index is 855. The van der Waals surface area contributed by atoms with Crippen LogP contribution in [0.2, 0.25) is 0 Å². The molecule has 32 heavy (non-hydrogen) atoms. The van der Waals surface area contributed by atoms with Crippen molar-refractivity contribution in [1.82, 2.24) is 4.90 Å². The lowest BCUT2D eigenvalue weighted by Gasteiger charge is -2.28. The average Bonchev–Trinajstić information content (AvgIpc) is 3.05. The number of hydrogen-bond donors (Lipinski definition) is 1. The largest absolute Gasteiger partial charge is 0.481 e. The Hall–Kier alpha value is -2.64. The highest BCUT2D eigenvalue weighted by atomic mass is 19.1. The summed E-state index contributed by atoms with van der Waals surface area (Å²) in [5, 5.41) is 9.03. The van der Waals surface area contributed by atoms with E-state index in [1.165, 1.54) is 12.1 Å². The Morgan fingerprint density at radius 3 is 2.22 bits per heavy atom. The molecule has 1 heterocycles. The predicted octanol–water partition coefficient (Wildman–Crippen LogP) is 4.21. The van der Waals surface area contributed by atoms with Gasteiger partial charge in [0.05, 0.1) is 12.3 Å². The molecule has 1 fully saturated rings. The second-order valence-electron chi connectivity index (χ2n) is 10.4. The van der Waals surface area contributed by atoms with Gasteiger partial charge in [-0.3, -0.25) is 9.59 Å². The highest BCUT2D eigenvalue weighted by molar-refractivity contribution is 5.74. The normalized spacial score (nSPS) is 17.7. The quantitative estimate of drug-likeness (QED) is 0.652. The zero-order chi connectivity index (χ0) is 24.3. The third-order valence-electron chi connectivity index (χ3n) is 4.98. The SMILES string of the molecule is CC(C)(C)OC(=O)[C@@H](Cc1cc(F)cc(CC(=O)O)c1)[C@H]1CCN(C(=O)OC(C)(C)C)C1. The van der Waals surface area contributed by atoms with Crippen molar-refractivity contribution in [3.05, 3.63) is 35.1 Å². The van der Waals surface area contributed by atoms with Crippen molar-refractivity contribution in [2.75, 3.05) is 13.1 Å². The van der Waals surface area contributed by atoms with Gasteiger partial charge in [-0.15, -0.1) is 0 Å². The molecule has 7 nitrogen and oxygen atoms in total. The number of ether oxygens (including phenoxy) is 2. The minimum absolute atomic E-state index is 0.187. The molecule has 1 amide bonds. The molecule has 178 valence electrons. The summed E-state index contributed by atoms with van der Waals surface area (Å²) in [6, 6.07) is 4.10. The maximum atomic E-state index is 14.1. The fourth-order valence-electron chi connectivity index (χ4n) is 3.79. The molecule has 1 aliphatic rings. The number of likely N-dealkylation sites (tertiary alicyclic amines) is 1. The number of carboxylic acids is 1. The number of carbonyl (C=O) groups excluding carboxylic acids is 2. The number of rotatable bonds is 6. The summed E-state index contributed by atoms with van der Waals surface area (Å²) in [7, 11) is 0. The summed E-state index contributed by atoms with van der Waals surface area (Å²) in [6.07, 6.45) is 0.0297. The Morgan fingerprint density at radius 1 is 1.06 bits per heavy atom. The lowest BCUT2D eigenvalue weighted by molar-refractivity contribution is -0.162. The first-order valence-corrected chi connectivity index (χ1v) is 10.8. The molecule has 0 saturated carbocycles. The van der Waals surface area contributed by atoms with E-state index >= 15 is 0 Å². The third kappa shape index (κ3) is 8.13. The molecule has 1 saturated heterocycles. The van der Waals surface area contributed by atoms with Gasteiger partial charge in [0.1, 0.15) is 17.0 Å². The van der Waals surface area contributed by atoms with Crippen LogP contribution in [0, 0.1) is 17.7 Å². The van der Waals surface area contributed by atoms with E-state index in [4.69, 9.17) is 14.6 Å². The van der Waals surface area contributed by atoms with Gasteiger partial charge in [0.15, 0.2) is 0 Å². The molecule has 2 rings (SSSR count). The van der Waals surface area contributed by atoms with Gasteiger partial charge in [0, 0.05) is 13.1 Å². The van der Waals surface area contributed by atoms with Gasteiger partial charge in [0.2, 0.25) is 0 Å². The minimum Gasteiger partial charge on any atom is -0.481 e. The Kier molecular flexibility index (Phi) is 7.91. The molecule has 8 heteroatoms. The Balaban J connectivity index is 2.24. The molecular formula is C24H34FNO6. The van der Waals surface area contributed by atoms with Crippen LogP contribution >= 0.6 is 0 Å². The third-order valence-corrected chi connectivity index (χ3v) is 4.98. The molecule has 1 aliphatic heterocycles. The fraction of sp³-hybridized carbons (Fsp3) is 0.625. The van der Waals surface area contributed by atoms with Gasteiger partial charge in [-0.25, -0.2) is 9.18 Å². The Morgan fingerprint density at radius 2 is 1.66 bits per heavy atom. The van der Waals surface area contributed by atoms with E-state index in [-0.39, 0.29) is 18.8 Å². The van der Waals surface area contributed by atoms with Gasteiger partial charge in [-0.2, -0.15) is 0 Å². The standard InChI is InChI=1S/C24H34FNO6/c1-23(2,3)31-21(29)19(12-15-9-16(13-20(27)28)11-18(25)10-15)17-7-8-26(14-17)22(30)32-24(4,5)6/h9-11,17,19H,7-8,12-14H2,1-6H3,(H,27,28)/t17-,19-/m0/s1. The van der Waals surface area contributed by atoms with E-state index in [1.807, 2.05) is 0 Å². The van der Waals surface area contributed by atoms with Crippen LogP contribution in [-0.2, 0) is 31.9 Å². The summed E-state index contributed by atoms with van der Waals surface area (Å²) in [6.45, 7) is 11.5. The van der Waals surface area contributed by atoms with Crippen molar-refractivity contribution >= 4 is 18.0 Å². The zero-order valence-corrected chi connectivity index (χ0v) is 19.7. The molecule has 0 spiro atoms. The van der Waals surface area contributed by atoms with Crippen molar-refractivity contribution in [2.45, 2.75) is 72.0 Å². The van der Waals surface area contributed by atoms with Gasteiger partial charge < -0.3 is 19.5 Å². The molecule has 1 aromatic carbocycles. The van der Waals surface area contributed by atoms with E-state index < -0.39 is 41.0 Å². The summed E-state index contributed by atoms with van der Waals surface area (Å²) >= 11 is 0. The fourth-order valence-corrected chi connectivity index (χ4v) is 3.79. The number of aliphatic carboxylic acids is 1. The van der Waals surface area contributed by atoms with E-state index in [0.717, 1.165) is 0 Å². The van der Waals surface area contributed by atoms with Crippen LogP contribution < -0.4 is 0 Å². The first-order chi connectivity index (χ1) is 14.6. The molecule has 1 N–H and O–H groups in total. The van der Waals surface area contributed by atoms with Crippen LogP contribution in [0.5, 0.6) is 0 Å². The van der Waals surface area contributed by atoms with Gasteiger partial charge in [-0.1, -0.05) is 6.07 Å². The molecule has 0 unspecified atom stereocenters. The monoisotopic (exact) mass is 451 g/mol. The van der Waals surface area contributed by atoms with Crippen LogP contribution in [0.25, 0.3) is 0 Å². The minimum atomic E-state index is -1.06. The summed E-state index contributed by atoms with van der Waals surface area (Å²) < 4.78 is 25.2. The van der Waals surface area contributed by atoms with E-state index in [2.05, 4.69) is 0 Å². The molecule has 0 radical (unpaired) electrons. The first kappa shape index (κ1) is 25.6. The van der Waals surface area contributed by atoms with Crippen molar-refractivity contribution in [1.29, 1.82) is 0 Å². The molecule has 0 bridgehead atoms. The molecular weight excluding hydrogens is 417 g/mol. The number of carboxylic acid groups (broad SMARTS) is 1. The van der Waals surface area contributed by atoms with E-state index in [0.29, 0.717) is 30.6 Å². The number of esters is 1. The number of amides is 1. The number of benzene rings is 1. The van der Waals surface area contributed by atoms with Crippen molar-refractivity contribution in [2.24, 2.45) is 11.8 Å². The van der Waals surface area contributed by atoms with Gasteiger partial charge in [0.25, 0.3) is 0 Å². The lowest BCUT2D eigenvalue weighted by Crippen LogP contribution is -2.38. The summed E-state index contributed by atoms with van der Waals surface area (Å²) in [5.41, 5.74) is -0.470. The second-order valence-corrected chi connectivity index (χ2v) is 10.4. The van der Waals surface area contributed by atoms with E-state index in [1.54, 1.807) is 52.5 Å². The van der Waals surface area contributed by atoms with Crippen LogP contribution in [0.15, 0.2) is 18.2 Å². The molecule has 0 aliphatic carbocycles. The summed E-state index contributed by atoms with van der Waals surface area (Å²) in [5.74, 6) is -2.83. The maximum Gasteiger partial charge on any atom is 0.410 e. The first-order valence-electron chi connectivity index (χ1n) is 10.8. The van der Waals surface area contributed by atoms with Crippen molar-refractivity contribution < 1.29 is 33.4 Å². The topological polar surface area (TPSA) is 93.1 Å². The van der Waals surface area contributed by atoms with Crippen LogP contribution in [0.4, 0.5) is 9.18 Å².